The van der Waals surface area contributed by atoms with Gasteiger partial charge in [-0.1, -0.05) is 30.3 Å². The first-order valence-corrected chi connectivity index (χ1v) is 6.45. The second-order valence-corrected chi connectivity index (χ2v) is 4.61. The van der Waals surface area contributed by atoms with Crippen LogP contribution < -0.4 is 5.32 Å². The van der Waals surface area contributed by atoms with Gasteiger partial charge in [0.25, 0.3) is 0 Å². The van der Waals surface area contributed by atoms with E-state index in [1.807, 2.05) is 30.3 Å². The van der Waals surface area contributed by atoms with Crippen molar-refractivity contribution in [3.05, 3.63) is 35.9 Å². The molecule has 0 aromatic heterocycles. The smallest absolute Gasteiger partial charge is 0.303 e. The van der Waals surface area contributed by atoms with E-state index in [9.17, 15) is 9.59 Å². The maximum Gasteiger partial charge on any atom is 0.303 e. The molecule has 2 N–H and O–H groups in total. The van der Waals surface area contributed by atoms with Crippen LogP contribution in [0.15, 0.2) is 30.3 Å². The minimum Gasteiger partial charge on any atom is -0.481 e. The molecule has 0 saturated carbocycles. The Morgan fingerprint density at radius 1 is 1.26 bits per heavy atom. The largest absolute Gasteiger partial charge is 0.481 e. The Morgan fingerprint density at radius 3 is 2.68 bits per heavy atom. The van der Waals surface area contributed by atoms with Crippen molar-refractivity contribution in [3.8, 4) is 0 Å². The zero-order chi connectivity index (χ0) is 13.7. The average molecular weight is 262 g/mol. The quantitative estimate of drug-likeness (QED) is 0.850. The molecule has 102 valence electrons. The molecule has 5 nitrogen and oxygen atoms in total. The second-order valence-electron chi connectivity index (χ2n) is 4.61. The molecule has 1 aromatic carbocycles. The third-order valence-corrected chi connectivity index (χ3v) is 3.30. The summed E-state index contributed by atoms with van der Waals surface area (Å²) in [6.07, 6.45) is -0.0388. The molecular formula is C14H18N2O3. The van der Waals surface area contributed by atoms with E-state index in [2.05, 4.69) is 5.32 Å². The summed E-state index contributed by atoms with van der Waals surface area (Å²) in [4.78, 5) is 24.5. The highest BCUT2D eigenvalue weighted by molar-refractivity contribution is 5.81. The first kappa shape index (κ1) is 13.5. The zero-order valence-corrected chi connectivity index (χ0v) is 10.7. The van der Waals surface area contributed by atoms with Gasteiger partial charge in [-0.15, -0.1) is 0 Å². The van der Waals surface area contributed by atoms with Gasteiger partial charge >= 0.3 is 5.97 Å². The molecule has 1 aliphatic heterocycles. The molecule has 0 spiro atoms. The number of carboxylic acids is 1. The van der Waals surface area contributed by atoms with Crippen molar-refractivity contribution < 1.29 is 14.7 Å². The number of rotatable bonds is 4. The van der Waals surface area contributed by atoms with Crippen molar-refractivity contribution >= 4 is 11.9 Å². The lowest BCUT2D eigenvalue weighted by atomic mass is 10.0. The van der Waals surface area contributed by atoms with E-state index < -0.39 is 5.97 Å². The summed E-state index contributed by atoms with van der Waals surface area (Å²) in [7, 11) is 0. The van der Waals surface area contributed by atoms with E-state index >= 15 is 0 Å². The van der Waals surface area contributed by atoms with Crippen molar-refractivity contribution in [3.63, 3.8) is 0 Å². The Labute approximate surface area is 112 Å². The van der Waals surface area contributed by atoms with Gasteiger partial charge in [0, 0.05) is 26.1 Å². The Hall–Kier alpha value is -1.88. The molecule has 1 atom stereocenters. The lowest BCUT2D eigenvalue weighted by Crippen LogP contribution is -2.48. The summed E-state index contributed by atoms with van der Waals surface area (Å²) in [5.41, 5.74) is 1.08. The van der Waals surface area contributed by atoms with Gasteiger partial charge in [0.05, 0.1) is 12.5 Å². The molecule has 1 fully saturated rings. The highest BCUT2D eigenvalue weighted by Crippen LogP contribution is 2.22. The molecule has 1 heterocycles. The molecule has 1 aromatic rings. The van der Waals surface area contributed by atoms with Crippen LogP contribution in [0.3, 0.4) is 0 Å². The van der Waals surface area contributed by atoms with Crippen LogP contribution in [0.2, 0.25) is 0 Å². The van der Waals surface area contributed by atoms with E-state index in [0.717, 1.165) is 12.1 Å². The number of carboxylic acid groups (broad SMARTS) is 1. The van der Waals surface area contributed by atoms with E-state index in [1.165, 1.54) is 0 Å². The van der Waals surface area contributed by atoms with E-state index in [-0.39, 0.29) is 24.8 Å². The predicted molar refractivity (Wildman–Crippen MR) is 70.6 cm³/mol. The zero-order valence-electron chi connectivity index (χ0n) is 10.7. The van der Waals surface area contributed by atoms with Crippen molar-refractivity contribution in [2.24, 2.45) is 0 Å². The van der Waals surface area contributed by atoms with Gasteiger partial charge in [-0.25, -0.2) is 0 Å². The Balaban J connectivity index is 2.08. The van der Waals surface area contributed by atoms with Crippen LogP contribution in [0.4, 0.5) is 0 Å². The number of nitrogens with zero attached hydrogens (tertiary/aromatic N) is 1. The third kappa shape index (κ3) is 3.54. The normalized spacial score (nSPS) is 19.2. The van der Waals surface area contributed by atoms with Gasteiger partial charge in [0.15, 0.2) is 0 Å². The first-order chi connectivity index (χ1) is 9.18. The second kappa shape index (κ2) is 6.33. The lowest BCUT2D eigenvalue weighted by Gasteiger charge is -2.36. The summed E-state index contributed by atoms with van der Waals surface area (Å²) >= 11 is 0. The summed E-state index contributed by atoms with van der Waals surface area (Å²) in [6.45, 7) is 2.09. The minimum atomic E-state index is -0.931. The number of hydrogen-bond acceptors (Lipinski definition) is 3. The minimum absolute atomic E-state index is 0.00348. The number of carbonyl (C=O) groups excluding carboxylic acids is 1. The molecule has 19 heavy (non-hydrogen) atoms. The van der Waals surface area contributed by atoms with Crippen LogP contribution >= 0.6 is 0 Å². The summed E-state index contributed by atoms with van der Waals surface area (Å²) in [6, 6.07) is 9.82. The monoisotopic (exact) mass is 262 g/mol. The fourth-order valence-corrected chi connectivity index (χ4v) is 2.33. The Bertz CT molecular complexity index is 447. The summed E-state index contributed by atoms with van der Waals surface area (Å²) in [5, 5.41) is 11.9. The molecular weight excluding hydrogens is 244 g/mol. The van der Waals surface area contributed by atoms with Crippen molar-refractivity contribution in [2.45, 2.75) is 18.9 Å². The number of hydrogen-bond donors (Lipinski definition) is 2. The highest BCUT2D eigenvalue weighted by atomic mass is 16.4. The lowest BCUT2D eigenvalue weighted by molar-refractivity contribution is -0.142. The fourth-order valence-electron chi connectivity index (χ4n) is 2.33. The maximum atomic E-state index is 12.1. The van der Waals surface area contributed by atoms with Gasteiger partial charge in [0.2, 0.25) is 5.91 Å². The van der Waals surface area contributed by atoms with Crippen molar-refractivity contribution in [2.75, 3.05) is 19.6 Å². The fraction of sp³-hybridized carbons (Fsp3) is 0.429. The molecule has 0 radical (unpaired) electrons. The van der Waals surface area contributed by atoms with Gasteiger partial charge in [-0.3, -0.25) is 9.59 Å². The van der Waals surface area contributed by atoms with Gasteiger partial charge in [-0.05, 0) is 5.56 Å². The number of benzene rings is 1. The Kier molecular flexibility index (Phi) is 4.52. The predicted octanol–water partition coefficient (Wildman–Crippen LogP) is 1.02. The highest BCUT2D eigenvalue weighted by Gasteiger charge is 2.27. The molecule has 1 aliphatic rings. The molecule has 0 aliphatic carbocycles. The molecule has 1 saturated heterocycles. The third-order valence-electron chi connectivity index (χ3n) is 3.30. The first-order valence-electron chi connectivity index (χ1n) is 6.45. The molecule has 5 heteroatoms. The van der Waals surface area contributed by atoms with Crippen LogP contribution in [-0.2, 0) is 9.59 Å². The van der Waals surface area contributed by atoms with Gasteiger partial charge in [0.1, 0.15) is 0 Å². The van der Waals surface area contributed by atoms with E-state index in [1.54, 1.807) is 4.90 Å². The van der Waals surface area contributed by atoms with Crippen molar-refractivity contribution in [1.29, 1.82) is 0 Å². The average Bonchev–Trinajstić information content (AvgIpc) is 2.45. The van der Waals surface area contributed by atoms with Crippen LogP contribution in [0, 0.1) is 0 Å². The molecule has 2 rings (SSSR count). The Morgan fingerprint density at radius 2 is 2.00 bits per heavy atom. The van der Waals surface area contributed by atoms with E-state index in [0.29, 0.717) is 13.1 Å². The van der Waals surface area contributed by atoms with Crippen LogP contribution in [0.1, 0.15) is 24.4 Å². The number of nitrogens with one attached hydrogen (secondary N) is 1. The van der Waals surface area contributed by atoms with Crippen molar-refractivity contribution in [1.82, 2.24) is 10.2 Å². The standard InChI is InChI=1S/C14H18N2O3/c17-13(6-7-14(18)19)16-9-8-15-10-12(16)11-4-2-1-3-5-11/h1-5,12,15H,6-10H2,(H,18,19). The summed E-state index contributed by atoms with van der Waals surface area (Å²) in [5.74, 6) is -1.02. The van der Waals surface area contributed by atoms with Crippen LogP contribution in [0.5, 0.6) is 0 Å². The maximum absolute atomic E-state index is 12.1. The van der Waals surface area contributed by atoms with E-state index in [4.69, 9.17) is 5.11 Å². The molecule has 0 bridgehead atoms. The van der Waals surface area contributed by atoms with Gasteiger partial charge in [-0.2, -0.15) is 0 Å². The molecule has 1 unspecified atom stereocenters. The number of piperazine rings is 1. The number of aliphatic carboxylic acids is 1. The number of amides is 1. The SMILES string of the molecule is O=C(O)CCC(=O)N1CCNCC1c1ccccc1. The number of carbonyl (C=O) groups is 2. The van der Waals surface area contributed by atoms with Gasteiger partial charge < -0.3 is 15.3 Å². The van der Waals surface area contributed by atoms with Crippen LogP contribution in [0.25, 0.3) is 0 Å². The molecule has 1 amide bonds. The topological polar surface area (TPSA) is 69.6 Å². The summed E-state index contributed by atoms with van der Waals surface area (Å²) < 4.78 is 0. The van der Waals surface area contributed by atoms with Crippen LogP contribution in [-0.4, -0.2) is 41.5 Å².